The van der Waals surface area contributed by atoms with Gasteiger partial charge >= 0.3 is 0 Å². The first-order valence-electron chi connectivity index (χ1n) is 4.17. The summed E-state index contributed by atoms with van der Waals surface area (Å²) in [7, 11) is 0. The van der Waals surface area contributed by atoms with Crippen LogP contribution >= 0.6 is 27.5 Å². The first-order chi connectivity index (χ1) is 6.09. The van der Waals surface area contributed by atoms with Gasteiger partial charge in [-0.25, -0.2) is 0 Å². The molecule has 0 aliphatic heterocycles. The lowest BCUT2D eigenvalue weighted by Crippen LogP contribution is -2.04. The molecular formula is C10H12BrClO. The van der Waals surface area contributed by atoms with Gasteiger partial charge in [-0.2, -0.15) is 0 Å². The summed E-state index contributed by atoms with van der Waals surface area (Å²) in [6.45, 7) is 4.95. The highest BCUT2D eigenvalue weighted by atomic mass is 79.9. The van der Waals surface area contributed by atoms with Crippen LogP contribution in [0.1, 0.15) is 13.8 Å². The summed E-state index contributed by atoms with van der Waals surface area (Å²) in [5.41, 5.74) is 0. The highest BCUT2D eigenvalue weighted by Gasteiger charge is 2.02. The van der Waals surface area contributed by atoms with Crippen LogP contribution in [0.5, 0.6) is 5.75 Å². The number of hydrogen-bond donors (Lipinski definition) is 0. The van der Waals surface area contributed by atoms with Crippen LogP contribution in [0, 0.1) is 5.92 Å². The molecule has 0 fully saturated rings. The molecule has 0 aliphatic carbocycles. The van der Waals surface area contributed by atoms with Crippen molar-refractivity contribution in [3.8, 4) is 5.75 Å². The highest BCUT2D eigenvalue weighted by molar-refractivity contribution is 9.10. The Morgan fingerprint density at radius 2 is 2.15 bits per heavy atom. The van der Waals surface area contributed by atoms with E-state index in [0.717, 1.165) is 16.8 Å². The van der Waals surface area contributed by atoms with Gasteiger partial charge in [-0.1, -0.05) is 25.4 Å². The molecule has 0 unspecified atom stereocenters. The van der Waals surface area contributed by atoms with E-state index in [1.807, 2.05) is 18.2 Å². The van der Waals surface area contributed by atoms with Crippen LogP contribution in [0.3, 0.4) is 0 Å². The van der Waals surface area contributed by atoms with Crippen molar-refractivity contribution in [2.24, 2.45) is 5.92 Å². The van der Waals surface area contributed by atoms with Gasteiger partial charge in [0.25, 0.3) is 0 Å². The van der Waals surface area contributed by atoms with E-state index in [-0.39, 0.29) is 0 Å². The number of hydrogen-bond acceptors (Lipinski definition) is 1. The minimum Gasteiger partial charge on any atom is -0.492 e. The minimum atomic E-state index is 0.530. The van der Waals surface area contributed by atoms with E-state index < -0.39 is 0 Å². The van der Waals surface area contributed by atoms with Gasteiger partial charge in [-0.15, -0.1) is 0 Å². The quantitative estimate of drug-likeness (QED) is 0.796. The molecule has 0 heterocycles. The second-order valence-electron chi connectivity index (χ2n) is 3.28. The van der Waals surface area contributed by atoms with Crippen molar-refractivity contribution in [1.82, 2.24) is 0 Å². The fourth-order valence-corrected chi connectivity index (χ4v) is 1.65. The maximum atomic E-state index is 5.79. The van der Waals surface area contributed by atoms with E-state index in [9.17, 15) is 0 Å². The van der Waals surface area contributed by atoms with E-state index >= 15 is 0 Å². The van der Waals surface area contributed by atoms with E-state index in [2.05, 4.69) is 29.8 Å². The number of halogens is 2. The van der Waals surface area contributed by atoms with Gasteiger partial charge in [0.2, 0.25) is 0 Å². The lowest BCUT2D eigenvalue weighted by Gasteiger charge is -2.10. The SMILES string of the molecule is CC(C)COc1ccc(Cl)cc1Br. The molecule has 0 spiro atoms. The van der Waals surface area contributed by atoms with E-state index in [4.69, 9.17) is 16.3 Å². The Balaban J connectivity index is 2.67. The second kappa shape index (κ2) is 4.87. The van der Waals surface area contributed by atoms with Crippen LogP contribution in [-0.2, 0) is 0 Å². The summed E-state index contributed by atoms with van der Waals surface area (Å²) in [6, 6.07) is 5.52. The molecule has 1 nitrogen and oxygen atoms in total. The van der Waals surface area contributed by atoms with Crippen LogP contribution in [-0.4, -0.2) is 6.61 Å². The van der Waals surface area contributed by atoms with Gasteiger partial charge < -0.3 is 4.74 Å². The Bertz CT molecular complexity index is 286. The van der Waals surface area contributed by atoms with Crippen molar-refractivity contribution in [3.05, 3.63) is 27.7 Å². The zero-order chi connectivity index (χ0) is 9.84. The van der Waals surface area contributed by atoms with Crippen molar-refractivity contribution < 1.29 is 4.74 Å². The van der Waals surface area contributed by atoms with Crippen molar-refractivity contribution in [3.63, 3.8) is 0 Å². The summed E-state index contributed by atoms with van der Waals surface area (Å²) >= 11 is 9.18. The van der Waals surface area contributed by atoms with Crippen LogP contribution in [0.4, 0.5) is 0 Å². The average Bonchev–Trinajstić information content (AvgIpc) is 2.02. The topological polar surface area (TPSA) is 9.23 Å². The van der Waals surface area contributed by atoms with Crippen LogP contribution in [0.25, 0.3) is 0 Å². The third kappa shape index (κ3) is 3.57. The Hall–Kier alpha value is -0.210. The Morgan fingerprint density at radius 1 is 1.46 bits per heavy atom. The predicted octanol–water partition coefficient (Wildman–Crippen LogP) is 4.14. The molecule has 0 bridgehead atoms. The molecule has 0 saturated heterocycles. The molecule has 1 rings (SSSR count). The van der Waals surface area contributed by atoms with E-state index in [1.54, 1.807) is 0 Å². The molecule has 0 atom stereocenters. The largest absolute Gasteiger partial charge is 0.492 e. The molecule has 3 heteroatoms. The van der Waals surface area contributed by atoms with Gasteiger partial charge in [0.05, 0.1) is 11.1 Å². The monoisotopic (exact) mass is 262 g/mol. The minimum absolute atomic E-state index is 0.530. The molecule has 0 radical (unpaired) electrons. The Morgan fingerprint density at radius 3 is 2.69 bits per heavy atom. The summed E-state index contributed by atoms with van der Waals surface area (Å²) in [5, 5.41) is 0.712. The molecule has 1 aromatic rings. The first kappa shape index (κ1) is 10.9. The van der Waals surface area contributed by atoms with Crippen LogP contribution in [0.2, 0.25) is 5.02 Å². The normalized spacial score (nSPS) is 10.5. The zero-order valence-corrected chi connectivity index (χ0v) is 10.0. The third-order valence-electron chi connectivity index (χ3n) is 1.47. The lowest BCUT2D eigenvalue weighted by molar-refractivity contribution is 0.269. The third-order valence-corrected chi connectivity index (χ3v) is 2.32. The molecule has 72 valence electrons. The van der Waals surface area contributed by atoms with Crippen molar-refractivity contribution in [2.45, 2.75) is 13.8 Å². The van der Waals surface area contributed by atoms with E-state index in [0.29, 0.717) is 10.9 Å². The van der Waals surface area contributed by atoms with Crippen molar-refractivity contribution in [2.75, 3.05) is 6.61 Å². The van der Waals surface area contributed by atoms with Gasteiger partial charge in [-0.05, 0) is 40.0 Å². The lowest BCUT2D eigenvalue weighted by atomic mass is 10.2. The highest BCUT2D eigenvalue weighted by Crippen LogP contribution is 2.28. The molecular weight excluding hydrogens is 251 g/mol. The average molecular weight is 264 g/mol. The van der Waals surface area contributed by atoms with Gasteiger partial charge in [0.15, 0.2) is 0 Å². The van der Waals surface area contributed by atoms with Crippen molar-refractivity contribution in [1.29, 1.82) is 0 Å². The second-order valence-corrected chi connectivity index (χ2v) is 4.57. The van der Waals surface area contributed by atoms with Crippen LogP contribution in [0.15, 0.2) is 22.7 Å². The Labute approximate surface area is 92.2 Å². The van der Waals surface area contributed by atoms with Crippen molar-refractivity contribution >= 4 is 27.5 Å². The zero-order valence-electron chi connectivity index (χ0n) is 7.68. The van der Waals surface area contributed by atoms with E-state index in [1.165, 1.54) is 0 Å². The fraction of sp³-hybridized carbons (Fsp3) is 0.400. The molecule has 0 saturated carbocycles. The first-order valence-corrected chi connectivity index (χ1v) is 5.34. The molecule has 0 N–H and O–H groups in total. The number of rotatable bonds is 3. The summed E-state index contributed by atoms with van der Waals surface area (Å²) < 4.78 is 6.45. The summed E-state index contributed by atoms with van der Waals surface area (Å²) in [4.78, 5) is 0. The predicted molar refractivity (Wildman–Crippen MR) is 59.5 cm³/mol. The summed E-state index contributed by atoms with van der Waals surface area (Å²) in [5.74, 6) is 1.38. The fourth-order valence-electron chi connectivity index (χ4n) is 0.849. The van der Waals surface area contributed by atoms with Gasteiger partial charge in [0, 0.05) is 5.02 Å². The number of ether oxygens (including phenoxy) is 1. The Kier molecular flexibility index (Phi) is 4.07. The molecule has 13 heavy (non-hydrogen) atoms. The molecule has 1 aromatic carbocycles. The smallest absolute Gasteiger partial charge is 0.133 e. The molecule has 0 aromatic heterocycles. The summed E-state index contributed by atoms with van der Waals surface area (Å²) in [6.07, 6.45) is 0. The van der Waals surface area contributed by atoms with Gasteiger partial charge in [-0.3, -0.25) is 0 Å². The maximum Gasteiger partial charge on any atom is 0.133 e. The van der Waals surface area contributed by atoms with Crippen LogP contribution < -0.4 is 4.74 Å². The standard InChI is InChI=1S/C10H12BrClO/c1-7(2)6-13-10-4-3-8(12)5-9(10)11/h3-5,7H,6H2,1-2H3. The van der Waals surface area contributed by atoms with Gasteiger partial charge in [0.1, 0.15) is 5.75 Å². The maximum absolute atomic E-state index is 5.79. The molecule has 0 aliphatic rings. The number of benzene rings is 1. The molecule has 0 amide bonds.